The zero-order valence-electron chi connectivity index (χ0n) is 13.7. The normalized spacial score (nSPS) is 13.2. The molecule has 108 valence electrons. The molecule has 2 nitrogen and oxygen atoms in total. The van der Waals surface area contributed by atoms with E-state index in [1.807, 2.05) is 13.8 Å². The monoisotopic (exact) mass is 255 g/mol. The van der Waals surface area contributed by atoms with Gasteiger partial charge in [-0.15, -0.1) is 0 Å². The molecule has 0 heterocycles. The molecular weight excluding hydrogens is 222 g/mol. The van der Waals surface area contributed by atoms with E-state index < -0.39 is 0 Å². The number of hydrogen-bond donors (Lipinski definition) is 1. The third kappa shape index (κ3) is 7.73. The second kappa shape index (κ2) is 6.58. The van der Waals surface area contributed by atoms with Gasteiger partial charge in [-0.3, -0.25) is 4.79 Å². The Morgan fingerprint density at radius 2 is 1.56 bits per heavy atom. The van der Waals surface area contributed by atoms with E-state index in [0.29, 0.717) is 0 Å². The second-order valence-electron chi connectivity index (χ2n) is 7.80. The predicted octanol–water partition coefficient (Wildman–Crippen LogP) is 4.39. The quantitative estimate of drug-likeness (QED) is 0.718. The highest BCUT2D eigenvalue weighted by Crippen LogP contribution is 2.33. The average molecular weight is 255 g/mol. The van der Waals surface area contributed by atoms with E-state index in [1.165, 1.54) is 12.8 Å². The summed E-state index contributed by atoms with van der Waals surface area (Å²) in [6.07, 6.45) is 3.48. The van der Waals surface area contributed by atoms with Gasteiger partial charge in [0.25, 0.3) is 0 Å². The first kappa shape index (κ1) is 17.5. The molecule has 0 aromatic heterocycles. The maximum Gasteiger partial charge on any atom is 0.222 e. The molecule has 0 aliphatic carbocycles. The molecule has 1 N–H and O–H groups in total. The Morgan fingerprint density at radius 3 is 1.94 bits per heavy atom. The fourth-order valence-electron chi connectivity index (χ4n) is 2.49. The molecule has 0 aromatic rings. The van der Waals surface area contributed by atoms with Gasteiger partial charge in [0.15, 0.2) is 0 Å². The Bertz CT molecular complexity index is 264. The van der Waals surface area contributed by atoms with Crippen LogP contribution in [-0.4, -0.2) is 11.4 Å². The lowest BCUT2D eigenvalue weighted by atomic mass is 9.76. The van der Waals surface area contributed by atoms with E-state index in [0.717, 1.165) is 12.3 Å². The van der Waals surface area contributed by atoms with Gasteiger partial charge in [-0.1, -0.05) is 48.0 Å². The summed E-state index contributed by atoms with van der Waals surface area (Å²) in [6, 6.07) is 0. The van der Waals surface area contributed by atoms with Crippen LogP contribution in [0.2, 0.25) is 0 Å². The van der Waals surface area contributed by atoms with Crippen LogP contribution in [-0.2, 0) is 4.79 Å². The van der Waals surface area contributed by atoms with Crippen molar-refractivity contribution in [1.82, 2.24) is 5.32 Å². The van der Waals surface area contributed by atoms with Crippen LogP contribution in [0.3, 0.4) is 0 Å². The highest BCUT2D eigenvalue weighted by atomic mass is 16.2. The minimum Gasteiger partial charge on any atom is -0.351 e. The summed E-state index contributed by atoms with van der Waals surface area (Å²) in [5.74, 6) is 0.959. The lowest BCUT2D eigenvalue weighted by Crippen LogP contribution is -2.47. The van der Waals surface area contributed by atoms with Crippen LogP contribution in [0, 0.1) is 17.3 Å². The minimum atomic E-state index is -0.123. The summed E-state index contributed by atoms with van der Waals surface area (Å²) in [7, 11) is 0. The van der Waals surface area contributed by atoms with Gasteiger partial charge in [-0.2, -0.15) is 0 Å². The van der Waals surface area contributed by atoms with Crippen molar-refractivity contribution in [1.29, 1.82) is 0 Å². The van der Waals surface area contributed by atoms with Gasteiger partial charge < -0.3 is 5.32 Å². The molecule has 2 heteroatoms. The van der Waals surface area contributed by atoms with Gasteiger partial charge in [-0.05, 0) is 38.0 Å². The van der Waals surface area contributed by atoms with Crippen molar-refractivity contribution >= 4 is 5.91 Å². The van der Waals surface area contributed by atoms with Crippen LogP contribution < -0.4 is 5.32 Å². The molecule has 1 amide bonds. The number of amides is 1. The largest absolute Gasteiger partial charge is 0.351 e. The maximum atomic E-state index is 11.8. The molecule has 0 fully saturated rings. The lowest BCUT2D eigenvalue weighted by molar-refractivity contribution is -0.125. The third-order valence-corrected chi connectivity index (χ3v) is 3.30. The first-order valence-corrected chi connectivity index (χ1v) is 7.27. The fraction of sp³-hybridized carbons (Fsp3) is 0.938. The zero-order chi connectivity index (χ0) is 14.6. The average Bonchev–Trinajstić information content (AvgIpc) is 2.12. The van der Waals surface area contributed by atoms with Crippen LogP contribution >= 0.6 is 0 Å². The topological polar surface area (TPSA) is 29.1 Å². The van der Waals surface area contributed by atoms with Gasteiger partial charge in [0.2, 0.25) is 5.91 Å². The summed E-state index contributed by atoms with van der Waals surface area (Å²) in [5.41, 5.74) is 0.153. The Kier molecular flexibility index (Phi) is 6.39. The fourth-order valence-corrected chi connectivity index (χ4v) is 2.49. The molecule has 0 bridgehead atoms. The summed E-state index contributed by atoms with van der Waals surface area (Å²) in [6.45, 7) is 17.3. The summed E-state index contributed by atoms with van der Waals surface area (Å²) < 4.78 is 0. The Balaban J connectivity index is 4.41. The molecular formula is C16H33NO. The van der Waals surface area contributed by atoms with Gasteiger partial charge in [0, 0.05) is 11.5 Å². The SMILES string of the molecule is CC(C)CCC(C)(C)CC(C)(C)NC(=O)C(C)C. The van der Waals surface area contributed by atoms with Gasteiger partial charge in [-0.25, -0.2) is 0 Å². The standard InChI is InChI=1S/C16H33NO/c1-12(2)9-10-15(5,6)11-16(7,8)17-14(18)13(3)4/h12-13H,9-11H2,1-8H3,(H,17,18). The Labute approximate surface area is 114 Å². The van der Waals surface area contributed by atoms with Crippen LogP contribution in [0.1, 0.15) is 74.7 Å². The first-order valence-electron chi connectivity index (χ1n) is 7.27. The summed E-state index contributed by atoms with van der Waals surface area (Å²) in [4.78, 5) is 11.8. The minimum absolute atomic E-state index is 0.0584. The van der Waals surface area contributed by atoms with Crippen molar-refractivity contribution < 1.29 is 4.79 Å². The number of carbonyl (C=O) groups is 1. The second-order valence-corrected chi connectivity index (χ2v) is 7.80. The first-order chi connectivity index (χ1) is 7.95. The van der Waals surface area contributed by atoms with E-state index in [4.69, 9.17) is 0 Å². The van der Waals surface area contributed by atoms with Crippen molar-refractivity contribution in [3.63, 3.8) is 0 Å². The van der Waals surface area contributed by atoms with Crippen molar-refractivity contribution in [2.24, 2.45) is 17.3 Å². The van der Waals surface area contributed by atoms with E-state index >= 15 is 0 Å². The maximum absolute atomic E-state index is 11.8. The predicted molar refractivity (Wildman–Crippen MR) is 79.5 cm³/mol. The number of nitrogens with one attached hydrogen (secondary N) is 1. The molecule has 0 aliphatic heterocycles. The summed E-state index contributed by atoms with van der Waals surface area (Å²) in [5, 5.41) is 3.16. The molecule has 18 heavy (non-hydrogen) atoms. The van der Waals surface area contributed by atoms with Crippen LogP contribution in [0.4, 0.5) is 0 Å². The van der Waals surface area contributed by atoms with Crippen molar-refractivity contribution in [2.45, 2.75) is 80.2 Å². The van der Waals surface area contributed by atoms with Crippen molar-refractivity contribution in [2.75, 3.05) is 0 Å². The van der Waals surface area contributed by atoms with Crippen molar-refractivity contribution in [3.05, 3.63) is 0 Å². The molecule has 0 saturated carbocycles. The van der Waals surface area contributed by atoms with Gasteiger partial charge in [0.1, 0.15) is 0 Å². The highest BCUT2D eigenvalue weighted by molar-refractivity contribution is 5.78. The molecule has 0 rings (SSSR count). The van der Waals surface area contributed by atoms with Crippen LogP contribution in [0.5, 0.6) is 0 Å². The van der Waals surface area contributed by atoms with Gasteiger partial charge in [0.05, 0.1) is 0 Å². The van der Waals surface area contributed by atoms with E-state index in [9.17, 15) is 4.79 Å². The molecule has 0 spiro atoms. The van der Waals surface area contributed by atoms with E-state index in [2.05, 4.69) is 46.9 Å². The number of rotatable bonds is 7. The molecule has 0 aromatic carbocycles. The van der Waals surface area contributed by atoms with Crippen LogP contribution in [0.15, 0.2) is 0 Å². The van der Waals surface area contributed by atoms with Crippen LogP contribution in [0.25, 0.3) is 0 Å². The van der Waals surface area contributed by atoms with Crippen molar-refractivity contribution in [3.8, 4) is 0 Å². The third-order valence-electron chi connectivity index (χ3n) is 3.30. The van der Waals surface area contributed by atoms with E-state index in [-0.39, 0.29) is 22.8 Å². The summed E-state index contributed by atoms with van der Waals surface area (Å²) >= 11 is 0. The smallest absolute Gasteiger partial charge is 0.222 e. The zero-order valence-corrected chi connectivity index (χ0v) is 13.7. The number of hydrogen-bond acceptors (Lipinski definition) is 1. The molecule has 0 saturated heterocycles. The van der Waals surface area contributed by atoms with Gasteiger partial charge >= 0.3 is 0 Å². The Morgan fingerprint density at radius 1 is 1.06 bits per heavy atom. The molecule has 0 atom stereocenters. The highest BCUT2D eigenvalue weighted by Gasteiger charge is 2.30. The Hall–Kier alpha value is -0.530. The molecule has 0 radical (unpaired) electrons. The molecule has 0 aliphatic rings. The lowest BCUT2D eigenvalue weighted by Gasteiger charge is -2.36. The molecule has 0 unspecified atom stereocenters. The van der Waals surface area contributed by atoms with E-state index in [1.54, 1.807) is 0 Å². The number of carbonyl (C=O) groups excluding carboxylic acids is 1.